The highest BCUT2D eigenvalue weighted by molar-refractivity contribution is 5.39. The summed E-state index contributed by atoms with van der Waals surface area (Å²) in [6.45, 7) is 2.16. The van der Waals surface area contributed by atoms with Crippen molar-refractivity contribution in [3.05, 3.63) is 36.3 Å². The number of nitrogens with zero attached hydrogens (tertiary/aromatic N) is 2. The number of aromatic nitrogens is 2. The number of pyridine rings is 1. The highest BCUT2D eigenvalue weighted by atomic mass is 16.3. The first-order chi connectivity index (χ1) is 7.81. The van der Waals surface area contributed by atoms with Crippen LogP contribution in [0.5, 0.6) is 0 Å². The van der Waals surface area contributed by atoms with Gasteiger partial charge in [0.2, 0.25) is 0 Å². The Morgan fingerprint density at radius 3 is 3.00 bits per heavy atom. The Bertz CT molecular complexity index is 417. The van der Waals surface area contributed by atoms with Crippen LogP contribution in [0, 0.1) is 0 Å². The molecule has 0 amide bonds. The number of imidazole rings is 1. The van der Waals surface area contributed by atoms with Crippen LogP contribution in [0.4, 0.5) is 0 Å². The molecule has 3 nitrogen and oxygen atoms in total. The van der Waals surface area contributed by atoms with E-state index in [0.29, 0.717) is 0 Å². The Morgan fingerprint density at radius 1 is 1.38 bits per heavy atom. The lowest BCUT2D eigenvalue weighted by molar-refractivity contribution is 0.159. The lowest BCUT2D eigenvalue weighted by Crippen LogP contribution is -1.97. The van der Waals surface area contributed by atoms with Gasteiger partial charge in [0.05, 0.1) is 11.8 Å². The van der Waals surface area contributed by atoms with Gasteiger partial charge in [0, 0.05) is 12.4 Å². The van der Waals surface area contributed by atoms with E-state index in [1.54, 1.807) is 0 Å². The van der Waals surface area contributed by atoms with Crippen LogP contribution in [0.3, 0.4) is 0 Å². The van der Waals surface area contributed by atoms with Gasteiger partial charge in [-0.05, 0) is 18.6 Å². The minimum absolute atomic E-state index is 0.425. The normalized spacial score (nSPS) is 13.1. The summed E-state index contributed by atoms with van der Waals surface area (Å²) in [6, 6.07) is 5.86. The van der Waals surface area contributed by atoms with E-state index in [1.807, 2.05) is 35.0 Å². The summed E-state index contributed by atoms with van der Waals surface area (Å²) in [6.07, 6.45) is 7.65. The van der Waals surface area contributed by atoms with Crippen LogP contribution in [0.25, 0.3) is 5.65 Å². The van der Waals surface area contributed by atoms with Crippen LogP contribution < -0.4 is 0 Å². The zero-order valence-corrected chi connectivity index (χ0v) is 9.63. The van der Waals surface area contributed by atoms with Crippen molar-refractivity contribution in [1.29, 1.82) is 0 Å². The number of aliphatic hydroxyl groups excluding tert-OH is 1. The summed E-state index contributed by atoms with van der Waals surface area (Å²) in [5.41, 5.74) is 1.68. The molecule has 0 aliphatic rings. The molecule has 2 heterocycles. The van der Waals surface area contributed by atoms with E-state index in [1.165, 1.54) is 12.8 Å². The van der Waals surface area contributed by atoms with E-state index in [0.717, 1.165) is 24.2 Å². The molecule has 1 atom stereocenters. The first-order valence-corrected chi connectivity index (χ1v) is 5.93. The van der Waals surface area contributed by atoms with Crippen molar-refractivity contribution < 1.29 is 5.11 Å². The fourth-order valence-electron chi connectivity index (χ4n) is 1.85. The van der Waals surface area contributed by atoms with E-state index < -0.39 is 6.10 Å². The fraction of sp³-hybridized carbons (Fsp3) is 0.462. The second-order valence-electron chi connectivity index (χ2n) is 4.14. The summed E-state index contributed by atoms with van der Waals surface area (Å²) >= 11 is 0. The number of fused-ring (bicyclic) bond motifs is 1. The number of rotatable bonds is 5. The molecule has 16 heavy (non-hydrogen) atoms. The van der Waals surface area contributed by atoms with Crippen LogP contribution in [0.1, 0.15) is 44.4 Å². The second kappa shape index (κ2) is 5.12. The van der Waals surface area contributed by atoms with Crippen LogP contribution in [-0.4, -0.2) is 14.5 Å². The monoisotopic (exact) mass is 218 g/mol. The van der Waals surface area contributed by atoms with Gasteiger partial charge in [-0.1, -0.05) is 32.3 Å². The van der Waals surface area contributed by atoms with Crippen LogP contribution in [-0.2, 0) is 0 Å². The molecule has 0 radical (unpaired) electrons. The summed E-state index contributed by atoms with van der Waals surface area (Å²) in [5, 5.41) is 9.97. The molecule has 0 saturated carbocycles. The average molecular weight is 218 g/mol. The molecule has 0 saturated heterocycles. The molecule has 0 aromatic carbocycles. The molecule has 1 N–H and O–H groups in total. The van der Waals surface area contributed by atoms with Crippen LogP contribution in [0.15, 0.2) is 30.6 Å². The minimum Gasteiger partial charge on any atom is -0.387 e. The van der Waals surface area contributed by atoms with Gasteiger partial charge < -0.3 is 9.51 Å². The van der Waals surface area contributed by atoms with Gasteiger partial charge in [-0.2, -0.15) is 0 Å². The molecule has 2 aromatic rings. The Kier molecular flexibility index (Phi) is 3.57. The molecule has 0 spiro atoms. The van der Waals surface area contributed by atoms with Crippen LogP contribution in [0.2, 0.25) is 0 Å². The van der Waals surface area contributed by atoms with Gasteiger partial charge in [-0.25, -0.2) is 4.98 Å². The standard InChI is InChI=1S/C13H18N2O/c1-2-3-4-7-12(16)11-10-15-9-6-5-8-13(15)14-11/h5-6,8-10,12,16H,2-4,7H2,1H3. The first kappa shape index (κ1) is 11.1. The summed E-state index contributed by atoms with van der Waals surface area (Å²) in [5.74, 6) is 0. The van der Waals surface area contributed by atoms with Crippen molar-refractivity contribution >= 4 is 5.65 Å². The predicted octanol–water partition coefficient (Wildman–Crippen LogP) is 2.95. The van der Waals surface area contributed by atoms with Crippen molar-refractivity contribution in [1.82, 2.24) is 9.38 Å². The molecule has 0 aliphatic carbocycles. The molecule has 0 aliphatic heterocycles. The SMILES string of the molecule is CCCCCC(O)c1cn2ccccc2n1. The van der Waals surface area contributed by atoms with Gasteiger partial charge in [0.15, 0.2) is 0 Å². The van der Waals surface area contributed by atoms with E-state index in [2.05, 4.69) is 11.9 Å². The van der Waals surface area contributed by atoms with Crippen molar-refractivity contribution in [2.45, 2.75) is 38.7 Å². The van der Waals surface area contributed by atoms with E-state index in [4.69, 9.17) is 0 Å². The third-order valence-corrected chi connectivity index (χ3v) is 2.81. The van der Waals surface area contributed by atoms with E-state index in [9.17, 15) is 5.11 Å². The first-order valence-electron chi connectivity index (χ1n) is 5.93. The van der Waals surface area contributed by atoms with Crippen LogP contribution >= 0.6 is 0 Å². The molecule has 3 heteroatoms. The number of unbranched alkanes of at least 4 members (excludes halogenated alkanes) is 2. The smallest absolute Gasteiger partial charge is 0.137 e. The zero-order valence-electron chi connectivity index (χ0n) is 9.63. The molecule has 2 rings (SSSR count). The molecule has 2 aromatic heterocycles. The summed E-state index contributed by atoms with van der Waals surface area (Å²) < 4.78 is 1.94. The maximum absolute atomic E-state index is 9.97. The van der Waals surface area contributed by atoms with Crippen molar-refractivity contribution in [3.63, 3.8) is 0 Å². The summed E-state index contributed by atoms with van der Waals surface area (Å²) in [7, 11) is 0. The van der Waals surface area contributed by atoms with Gasteiger partial charge in [-0.15, -0.1) is 0 Å². The molecule has 86 valence electrons. The molecular formula is C13H18N2O. The molecule has 0 fully saturated rings. The van der Waals surface area contributed by atoms with Crippen molar-refractivity contribution in [3.8, 4) is 0 Å². The predicted molar refractivity (Wildman–Crippen MR) is 64.3 cm³/mol. The summed E-state index contributed by atoms with van der Waals surface area (Å²) in [4.78, 5) is 4.40. The second-order valence-corrected chi connectivity index (χ2v) is 4.14. The number of hydrogen-bond donors (Lipinski definition) is 1. The zero-order chi connectivity index (χ0) is 11.4. The lowest BCUT2D eigenvalue weighted by atomic mass is 10.1. The highest BCUT2D eigenvalue weighted by Crippen LogP contribution is 2.19. The largest absolute Gasteiger partial charge is 0.387 e. The maximum atomic E-state index is 9.97. The Labute approximate surface area is 95.8 Å². The average Bonchev–Trinajstić information content (AvgIpc) is 2.73. The lowest BCUT2D eigenvalue weighted by Gasteiger charge is -2.05. The Hall–Kier alpha value is -1.35. The molecule has 1 unspecified atom stereocenters. The Morgan fingerprint density at radius 2 is 2.25 bits per heavy atom. The van der Waals surface area contributed by atoms with Gasteiger partial charge in [0.25, 0.3) is 0 Å². The topological polar surface area (TPSA) is 37.5 Å². The number of aliphatic hydroxyl groups is 1. The van der Waals surface area contributed by atoms with Gasteiger partial charge in [-0.3, -0.25) is 0 Å². The highest BCUT2D eigenvalue weighted by Gasteiger charge is 2.10. The minimum atomic E-state index is -0.425. The van der Waals surface area contributed by atoms with Gasteiger partial charge in [0.1, 0.15) is 5.65 Å². The third kappa shape index (κ3) is 2.42. The van der Waals surface area contributed by atoms with Crippen molar-refractivity contribution in [2.24, 2.45) is 0 Å². The van der Waals surface area contributed by atoms with Gasteiger partial charge >= 0.3 is 0 Å². The quantitative estimate of drug-likeness (QED) is 0.783. The third-order valence-electron chi connectivity index (χ3n) is 2.81. The number of hydrogen-bond acceptors (Lipinski definition) is 2. The Balaban J connectivity index is 2.07. The molecular weight excluding hydrogens is 200 g/mol. The maximum Gasteiger partial charge on any atom is 0.137 e. The molecule has 0 bridgehead atoms. The van der Waals surface area contributed by atoms with E-state index >= 15 is 0 Å². The van der Waals surface area contributed by atoms with E-state index in [-0.39, 0.29) is 0 Å². The van der Waals surface area contributed by atoms with Crippen molar-refractivity contribution in [2.75, 3.05) is 0 Å². The fourth-order valence-corrected chi connectivity index (χ4v) is 1.85.